The molecule has 0 radical (unpaired) electrons. The molecule has 0 spiro atoms. The van der Waals surface area contributed by atoms with Crippen LogP contribution in [0.5, 0.6) is 0 Å². The lowest BCUT2D eigenvalue weighted by molar-refractivity contribution is 1.18. The summed E-state index contributed by atoms with van der Waals surface area (Å²) >= 11 is 0. The Hall–Kier alpha value is -6.78. The van der Waals surface area contributed by atoms with Crippen molar-refractivity contribution < 1.29 is 0 Å². The molecule has 0 bridgehead atoms. The Kier molecular flexibility index (Phi) is 6.99. The highest BCUT2D eigenvalue weighted by atomic mass is 15.1. The van der Waals surface area contributed by atoms with Crippen molar-refractivity contribution >= 4 is 72.8 Å². The van der Waals surface area contributed by atoms with Crippen LogP contribution in [0.1, 0.15) is 16.7 Å². The highest BCUT2D eigenvalue weighted by molar-refractivity contribution is 6.91. The van der Waals surface area contributed by atoms with Gasteiger partial charge in [-0.3, -0.25) is 0 Å². The maximum absolute atomic E-state index is 2.66. The number of para-hydroxylation sites is 5. The Morgan fingerprint density at radius 2 is 0.927 bits per heavy atom. The van der Waals surface area contributed by atoms with Crippen molar-refractivity contribution in [3.05, 3.63) is 193 Å². The quantitative estimate of drug-likeness (QED) is 0.166. The van der Waals surface area contributed by atoms with Crippen LogP contribution < -0.4 is 15.7 Å². The first-order valence-electron chi connectivity index (χ1n) is 19.2. The fourth-order valence-corrected chi connectivity index (χ4v) is 9.75. The number of benzene rings is 8. The van der Waals surface area contributed by atoms with E-state index in [-0.39, 0.29) is 6.85 Å². The monoisotopic (exact) mass is 703 g/mol. The lowest BCUT2D eigenvalue weighted by Crippen LogP contribution is -2.59. The summed E-state index contributed by atoms with van der Waals surface area (Å²) in [5.41, 5.74) is 18.7. The van der Waals surface area contributed by atoms with E-state index in [1.165, 1.54) is 99.4 Å². The van der Waals surface area contributed by atoms with Gasteiger partial charge in [-0.15, -0.1) is 0 Å². The van der Waals surface area contributed by atoms with E-state index in [1.54, 1.807) is 0 Å². The van der Waals surface area contributed by atoms with Crippen LogP contribution >= 0.6 is 0 Å². The van der Waals surface area contributed by atoms with E-state index in [9.17, 15) is 0 Å². The van der Waals surface area contributed by atoms with Crippen LogP contribution in [0.25, 0.3) is 66.1 Å². The standard InChI is InChI=1S/C51H38BN3/c1-33-29-34(2)50(35(3)30-33)52-44-32-48-43(39-23-13-15-25-45(39)54(48)37-19-9-5-10-20-37)31-42(44)40-27-28-47-49(51(40)55(52)38-21-11-6-12-22-38)41-24-14-16-26-46(41)53(47)36-17-7-4-8-18-36/h4-32H,1-3H3. The van der Waals surface area contributed by atoms with Crippen molar-refractivity contribution in [2.45, 2.75) is 20.8 Å². The van der Waals surface area contributed by atoms with E-state index in [4.69, 9.17) is 0 Å². The summed E-state index contributed by atoms with van der Waals surface area (Å²) < 4.78 is 4.90. The SMILES string of the molecule is Cc1cc(C)c(B2c3cc4c(cc3-c3ccc5c(c3N2c2ccccc2)c2ccccc2n5-c2ccccc2)c2ccccc2n4-c2ccccc2)c(C)c1. The number of fused-ring (bicyclic) bond motifs is 10. The lowest BCUT2D eigenvalue weighted by atomic mass is 9.44. The number of hydrogen-bond acceptors (Lipinski definition) is 1. The third-order valence-corrected chi connectivity index (χ3v) is 11.8. The first-order valence-corrected chi connectivity index (χ1v) is 19.2. The molecule has 10 aromatic rings. The Bertz CT molecular complexity index is 3100. The Labute approximate surface area is 321 Å². The molecule has 3 heterocycles. The van der Waals surface area contributed by atoms with Gasteiger partial charge in [-0.1, -0.05) is 126 Å². The van der Waals surface area contributed by atoms with Gasteiger partial charge < -0.3 is 13.9 Å². The van der Waals surface area contributed by atoms with Gasteiger partial charge in [-0.05, 0) is 104 Å². The molecule has 55 heavy (non-hydrogen) atoms. The molecule has 0 saturated heterocycles. The third kappa shape index (κ3) is 4.64. The first-order chi connectivity index (χ1) is 27.1. The average molecular weight is 704 g/mol. The van der Waals surface area contributed by atoms with Gasteiger partial charge in [0.1, 0.15) is 0 Å². The zero-order valence-corrected chi connectivity index (χ0v) is 31.2. The number of hydrogen-bond donors (Lipinski definition) is 0. The summed E-state index contributed by atoms with van der Waals surface area (Å²) in [6.45, 7) is 6.72. The summed E-state index contributed by atoms with van der Waals surface area (Å²) in [4.78, 5) is 2.66. The fraction of sp³-hybridized carbons (Fsp3) is 0.0588. The van der Waals surface area contributed by atoms with E-state index in [2.05, 4.69) is 211 Å². The van der Waals surface area contributed by atoms with Crippen molar-refractivity contribution in [3.8, 4) is 22.5 Å². The summed E-state index contributed by atoms with van der Waals surface area (Å²) in [6, 6.07) is 65.0. The highest BCUT2D eigenvalue weighted by Crippen LogP contribution is 2.49. The zero-order valence-electron chi connectivity index (χ0n) is 31.2. The summed E-state index contributed by atoms with van der Waals surface area (Å²) in [5.74, 6) is 0. The van der Waals surface area contributed by atoms with Crippen LogP contribution in [-0.4, -0.2) is 16.0 Å². The molecule has 8 aromatic carbocycles. The summed E-state index contributed by atoms with van der Waals surface area (Å²) in [5, 5.41) is 5.04. The van der Waals surface area contributed by atoms with Crippen molar-refractivity contribution in [2.75, 3.05) is 4.81 Å². The van der Waals surface area contributed by atoms with Gasteiger partial charge in [0.05, 0.1) is 22.1 Å². The maximum atomic E-state index is 2.66. The molecule has 4 heteroatoms. The molecule has 0 amide bonds. The number of anilines is 2. The maximum Gasteiger partial charge on any atom is 0.329 e. The van der Waals surface area contributed by atoms with Crippen molar-refractivity contribution in [3.63, 3.8) is 0 Å². The van der Waals surface area contributed by atoms with Gasteiger partial charge in [0, 0.05) is 49.9 Å². The van der Waals surface area contributed by atoms with E-state index in [1.807, 2.05) is 0 Å². The van der Waals surface area contributed by atoms with Crippen molar-refractivity contribution in [2.24, 2.45) is 0 Å². The number of aryl methyl sites for hydroxylation is 3. The predicted octanol–water partition coefficient (Wildman–Crippen LogP) is 11.7. The first kappa shape index (κ1) is 31.7. The third-order valence-electron chi connectivity index (χ3n) is 11.8. The Morgan fingerprint density at radius 1 is 0.400 bits per heavy atom. The number of nitrogens with zero attached hydrogens (tertiary/aromatic N) is 3. The minimum Gasteiger partial charge on any atom is -0.376 e. The molecule has 3 nitrogen and oxygen atoms in total. The van der Waals surface area contributed by atoms with Crippen LogP contribution in [0, 0.1) is 20.8 Å². The van der Waals surface area contributed by atoms with Crippen molar-refractivity contribution in [1.82, 2.24) is 9.13 Å². The van der Waals surface area contributed by atoms with Crippen LogP contribution in [-0.2, 0) is 0 Å². The van der Waals surface area contributed by atoms with Gasteiger partial charge in [-0.2, -0.15) is 0 Å². The number of aromatic nitrogens is 2. The number of rotatable bonds is 4. The second kappa shape index (κ2) is 12.1. The van der Waals surface area contributed by atoms with Gasteiger partial charge >= 0.3 is 6.85 Å². The van der Waals surface area contributed by atoms with Gasteiger partial charge in [0.2, 0.25) is 0 Å². The molecule has 0 N–H and O–H groups in total. The molecule has 11 rings (SSSR count). The van der Waals surface area contributed by atoms with Gasteiger partial charge in [0.25, 0.3) is 0 Å². The molecule has 1 aliphatic heterocycles. The molecule has 0 aliphatic carbocycles. The molecule has 1 aliphatic rings. The van der Waals surface area contributed by atoms with Crippen LogP contribution in [0.15, 0.2) is 176 Å². The molecule has 0 unspecified atom stereocenters. The zero-order chi connectivity index (χ0) is 36.8. The summed E-state index contributed by atoms with van der Waals surface area (Å²) in [6.07, 6.45) is 0. The molecule has 0 fully saturated rings. The minimum absolute atomic E-state index is 0.0958. The average Bonchev–Trinajstić information content (AvgIpc) is 3.73. The largest absolute Gasteiger partial charge is 0.376 e. The molecule has 0 saturated carbocycles. The smallest absolute Gasteiger partial charge is 0.329 e. The van der Waals surface area contributed by atoms with E-state index in [0.29, 0.717) is 0 Å². The molecular formula is C51H38BN3. The Balaban J connectivity index is 1.35. The van der Waals surface area contributed by atoms with Crippen LogP contribution in [0.4, 0.5) is 11.4 Å². The highest BCUT2D eigenvalue weighted by Gasteiger charge is 2.41. The van der Waals surface area contributed by atoms with Gasteiger partial charge in [-0.25, -0.2) is 0 Å². The predicted molar refractivity (Wildman–Crippen MR) is 235 cm³/mol. The second-order valence-corrected chi connectivity index (χ2v) is 15.1. The van der Waals surface area contributed by atoms with Crippen molar-refractivity contribution in [1.29, 1.82) is 0 Å². The lowest BCUT2D eigenvalue weighted by Gasteiger charge is -2.40. The molecule has 0 atom stereocenters. The summed E-state index contributed by atoms with van der Waals surface area (Å²) in [7, 11) is 0. The van der Waals surface area contributed by atoms with E-state index in [0.717, 1.165) is 5.69 Å². The fourth-order valence-electron chi connectivity index (χ4n) is 9.75. The molecule has 260 valence electrons. The molecule has 2 aromatic heterocycles. The van der Waals surface area contributed by atoms with E-state index >= 15 is 0 Å². The Morgan fingerprint density at radius 3 is 1.56 bits per heavy atom. The minimum atomic E-state index is -0.0958. The molecular weight excluding hydrogens is 665 g/mol. The normalized spacial score (nSPS) is 12.6. The topological polar surface area (TPSA) is 13.1 Å². The van der Waals surface area contributed by atoms with Crippen LogP contribution in [0.3, 0.4) is 0 Å². The van der Waals surface area contributed by atoms with Crippen LogP contribution in [0.2, 0.25) is 0 Å². The second-order valence-electron chi connectivity index (χ2n) is 15.1. The van der Waals surface area contributed by atoms with E-state index < -0.39 is 0 Å². The van der Waals surface area contributed by atoms with Gasteiger partial charge in [0.15, 0.2) is 0 Å².